The Bertz CT molecular complexity index is 1430. The molecule has 1 aromatic rings. The smallest absolute Gasteiger partial charge is 0.317 e. The Balaban J connectivity index is 2.55. The van der Waals surface area contributed by atoms with Crippen molar-refractivity contribution >= 4 is 58.9 Å². The number of thiocarbonyl (C=S) groups is 1. The quantitative estimate of drug-likeness (QED) is 0.0876. The average Bonchev–Trinajstić information content (AvgIpc) is 3.05. The zero-order chi connectivity index (χ0) is 39.3. The highest BCUT2D eigenvalue weighted by atomic mass is 32.1. The average molecular weight is 768 g/mol. The number of nitrogens with zero attached hydrogens (tertiary/aromatic N) is 7. The van der Waals surface area contributed by atoms with Crippen LogP contribution in [-0.4, -0.2) is 218 Å². The molecule has 0 aromatic heterocycles. The Morgan fingerprint density at radius 2 is 0.887 bits per heavy atom. The fraction of sp³-hybridized carbons (Fsp3) is 0.606. The summed E-state index contributed by atoms with van der Waals surface area (Å²) in [6.45, 7) is -1.49. The molecule has 0 spiro atoms. The van der Waals surface area contributed by atoms with Crippen LogP contribution >= 0.6 is 12.2 Å². The van der Waals surface area contributed by atoms with E-state index in [1.54, 1.807) is 41.5 Å². The normalized spacial score (nSPS) is 19.0. The highest BCUT2D eigenvalue weighted by molar-refractivity contribution is 7.78. The van der Waals surface area contributed by atoms with Crippen molar-refractivity contribution in [2.75, 3.05) is 111 Å². The van der Waals surface area contributed by atoms with Gasteiger partial charge in [-0.25, -0.2) is 0 Å². The van der Waals surface area contributed by atoms with Crippen LogP contribution in [0.25, 0.3) is 0 Å². The lowest BCUT2D eigenvalue weighted by molar-refractivity contribution is -0.142. The third-order valence-corrected chi connectivity index (χ3v) is 8.72. The first kappa shape index (κ1) is 44.8. The van der Waals surface area contributed by atoms with E-state index in [1.807, 2.05) is 12.1 Å². The Kier molecular flexibility index (Phi) is 20.3. The second kappa shape index (κ2) is 24.0. The molecule has 2 rings (SSSR count). The molecule has 1 fully saturated rings. The number of aryl methyl sites for hydroxylation is 1. The molecule has 1 aromatic carbocycles. The Morgan fingerprint density at radius 1 is 0.547 bits per heavy atom. The van der Waals surface area contributed by atoms with Gasteiger partial charge in [0.1, 0.15) is 0 Å². The van der Waals surface area contributed by atoms with Crippen molar-refractivity contribution in [3.05, 3.63) is 29.8 Å². The maximum Gasteiger partial charge on any atom is 0.317 e. The summed E-state index contributed by atoms with van der Waals surface area (Å²) in [7, 11) is 0. The minimum absolute atomic E-state index is 0.0734. The summed E-state index contributed by atoms with van der Waals surface area (Å²) in [4.78, 5) is 84.7. The van der Waals surface area contributed by atoms with Gasteiger partial charge in [0.05, 0.1) is 50.1 Å². The monoisotopic (exact) mass is 767 g/mol. The van der Waals surface area contributed by atoms with Crippen LogP contribution in [0.15, 0.2) is 29.3 Å². The predicted molar refractivity (Wildman–Crippen MR) is 193 cm³/mol. The van der Waals surface area contributed by atoms with Crippen molar-refractivity contribution in [3.8, 4) is 0 Å². The lowest BCUT2D eigenvalue weighted by Crippen LogP contribution is -2.52. The number of benzene rings is 1. The van der Waals surface area contributed by atoms with Gasteiger partial charge in [0.15, 0.2) is 0 Å². The Morgan fingerprint density at radius 3 is 1.25 bits per heavy atom. The van der Waals surface area contributed by atoms with E-state index in [-0.39, 0.29) is 72.0 Å². The van der Waals surface area contributed by atoms with Crippen LogP contribution in [0, 0.1) is 0 Å². The van der Waals surface area contributed by atoms with E-state index < -0.39 is 81.1 Å². The molecule has 294 valence electrons. The summed E-state index contributed by atoms with van der Waals surface area (Å²) in [6, 6.07) is 6.60. The zero-order valence-corrected chi connectivity index (χ0v) is 30.3. The topological polar surface area (TPSA) is 256 Å². The lowest BCUT2D eigenvalue weighted by atomic mass is 10.0. The minimum Gasteiger partial charge on any atom is -0.480 e. The number of isothiocyanates is 1. The van der Waals surface area contributed by atoms with Gasteiger partial charge in [0, 0.05) is 78.0 Å². The van der Waals surface area contributed by atoms with Crippen molar-refractivity contribution < 1.29 is 59.4 Å². The Hall–Kier alpha value is -4.40. The zero-order valence-electron chi connectivity index (χ0n) is 29.5. The molecule has 0 amide bonds. The van der Waals surface area contributed by atoms with Crippen molar-refractivity contribution in [1.82, 2.24) is 29.4 Å². The van der Waals surface area contributed by atoms with Crippen LogP contribution in [0.1, 0.15) is 12.0 Å². The summed E-state index contributed by atoms with van der Waals surface area (Å²) in [5, 5.41) is 60.5. The van der Waals surface area contributed by atoms with E-state index in [4.69, 9.17) is 0 Å². The van der Waals surface area contributed by atoms with E-state index in [9.17, 15) is 59.4 Å². The van der Waals surface area contributed by atoms with Gasteiger partial charge in [-0.1, -0.05) is 12.1 Å². The summed E-state index contributed by atoms with van der Waals surface area (Å²) in [6.07, 6.45) is 0.824. The van der Waals surface area contributed by atoms with Crippen LogP contribution in [0.5, 0.6) is 0 Å². The fourth-order valence-electron chi connectivity index (χ4n) is 6.05. The molecule has 20 heteroatoms. The van der Waals surface area contributed by atoms with Crippen LogP contribution in [-0.2, 0) is 35.2 Å². The first-order valence-electron chi connectivity index (χ1n) is 17.0. The van der Waals surface area contributed by atoms with Crippen LogP contribution in [0.2, 0.25) is 0 Å². The summed E-state index contributed by atoms with van der Waals surface area (Å²) in [5.41, 5.74) is 1.48. The summed E-state index contributed by atoms with van der Waals surface area (Å²) < 4.78 is 0. The highest BCUT2D eigenvalue weighted by Crippen LogP contribution is 2.17. The maximum absolute atomic E-state index is 12.2. The number of aliphatic carboxylic acids is 6. The van der Waals surface area contributed by atoms with Gasteiger partial charge in [0.2, 0.25) is 0 Å². The number of rotatable bonds is 16. The van der Waals surface area contributed by atoms with E-state index in [0.29, 0.717) is 18.5 Å². The lowest BCUT2D eigenvalue weighted by Gasteiger charge is -2.37. The second-order valence-corrected chi connectivity index (χ2v) is 12.9. The largest absolute Gasteiger partial charge is 0.480 e. The van der Waals surface area contributed by atoms with E-state index in [1.165, 1.54) is 0 Å². The molecule has 0 aliphatic carbocycles. The SMILES string of the molecule is O=C(O)CN1CCN(CC(=O)O)CCN(CC(=O)O)CCN(CC(=O)O)C(CCc2ccc(N=C=S)cc2)CN(CC(=O)O)CCN(CC(=O)O)CC1. The van der Waals surface area contributed by atoms with Gasteiger partial charge in [-0.2, -0.15) is 4.99 Å². The molecule has 53 heavy (non-hydrogen) atoms. The summed E-state index contributed by atoms with van der Waals surface area (Å²) in [5.74, 6) is -6.88. The Labute approximate surface area is 312 Å². The molecule has 1 saturated heterocycles. The van der Waals surface area contributed by atoms with Crippen molar-refractivity contribution in [1.29, 1.82) is 0 Å². The minimum atomic E-state index is -1.15. The van der Waals surface area contributed by atoms with Crippen LogP contribution < -0.4 is 0 Å². The van der Waals surface area contributed by atoms with E-state index in [2.05, 4.69) is 22.4 Å². The first-order chi connectivity index (χ1) is 25.1. The molecule has 19 nitrogen and oxygen atoms in total. The number of carboxylic acid groups (broad SMARTS) is 6. The first-order valence-corrected chi connectivity index (χ1v) is 17.4. The second-order valence-electron chi connectivity index (χ2n) is 12.7. The highest BCUT2D eigenvalue weighted by Gasteiger charge is 2.27. The molecule has 0 radical (unpaired) electrons. The van der Waals surface area contributed by atoms with Gasteiger partial charge in [0.25, 0.3) is 0 Å². The van der Waals surface area contributed by atoms with Crippen LogP contribution in [0.4, 0.5) is 5.69 Å². The molecule has 1 aliphatic rings. The van der Waals surface area contributed by atoms with E-state index >= 15 is 0 Å². The molecule has 1 unspecified atom stereocenters. The van der Waals surface area contributed by atoms with Crippen molar-refractivity contribution in [2.24, 2.45) is 4.99 Å². The molecule has 1 atom stereocenters. The van der Waals surface area contributed by atoms with E-state index in [0.717, 1.165) is 5.56 Å². The molecule has 1 heterocycles. The number of hydrogen-bond donors (Lipinski definition) is 6. The molecule has 6 N–H and O–H groups in total. The number of hydrogen-bond acceptors (Lipinski definition) is 14. The predicted octanol–water partition coefficient (Wildman–Crippen LogP) is -0.945. The van der Waals surface area contributed by atoms with Gasteiger partial charge >= 0.3 is 35.8 Å². The number of carbonyl (C=O) groups is 6. The fourth-order valence-corrected chi connectivity index (χ4v) is 6.15. The van der Waals surface area contributed by atoms with Gasteiger partial charge < -0.3 is 30.6 Å². The van der Waals surface area contributed by atoms with Crippen LogP contribution in [0.3, 0.4) is 0 Å². The third-order valence-electron chi connectivity index (χ3n) is 8.63. The van der Waals surface area contributed by atoms with Gasteiger partial charge in [-0.15, -0.1) is 0 Å². The van der Waals surface area contributed by atoms with Gasteiger partial charge in [-0.3, -0.25) is 58.2 Å². The standard InChI is InChI=1S/C33H49N7O12S/c41-28(42)18-35-7-8-36(19-29(43)44)11-12-38(21-31(47)48)15-16-40(23-33(51)52)27(6-3-25-1-4-26(5-2-25)34-24-53)17-39(22-32(49)50)14-13-37(10-9-35)20-30(45)46/h1-2,4-5,27H,3,6-23H2,(H,41,42)(H,43,44)(H,45,46)(H,47,48)(H,49,50)(H,51,52). The van der Waals surface area contributed by atoms with Crippen molar-refractivity contribution in [3.63, 3.8) is 0 Å². The third kappa shape index (κ3) is 19.9. The molecular formula is C33H49N7O12S. The molecule has 1 aliphatic heterocycles. The molecular weight excluding hydrogens is 718 g/mol. The van der Waals surface area contributed by atoms with Gasteiger partial charge in [-0.05, 0) is 42.8 Å². The summed E-state index contributed by atoms with van der Waals surface area (Å²) >= 11 is 4.66. The molecule has 0 bridgehead atoms. The molecule has 0 saturated carbocycles. The maximum atomic E-state index is 12.2. The number of aliphatic imine (C=N–C) groups is 1. The number of carboxylic acids is 6. The van der Waals surface area contributed by atoms with Crippen molar-refractivity contribution in [2.45, 2.75) is 18.9 Å².